The first-order valence-corrected chi connectivity index (χ1v) is 8.04. The molecule has 0 aliphatic carbocycles. The summed E-state index contributed by atoms with van der Waals surface area (Å²) in [5, 5.41) is 3.36. The summed E-state index contributed by atoms with van der Waals surface area (Å²) in [5.41, 5.74) is 3.53. The van der Waals surface area contributed by atoms with Crippen molar-refractivity contribution in [2.24, 2.45) is 0 Å². The molecule has 1 N–H and O–H groups in total. The molecule has 2 aromatic rings. The Bertz CT molecular complexity index is 623. The van der Waals surface area contributed by atoms with E-state index in [1.54, 1.807) is 17.8 Å². The van der Waals surface area contributed by atoms with E-state index in [0.717, 1.165) is 10.5 Å². The fraction of sp³-hybridized carbons (Fsp3) is 0.333. The average molecular weight is 303 g/mol. The van der Waals surface area contributed by atoms with Crippen LogP contribution in [0.4, 0.5) is 4.39 Å². The van der Waals surface area contributed by atoms with Gasteiger partial charge in [-0.15, -0.1) is 0 Å². The third-order valence-corrected chi connectivity index (χ3v) is 4.57. The first-order valence-electron chi connectivity index (χ1n) is 7.22. The Hall–Kier alpha value is -1.32. The molecule has 0 aromatic heterocycles. The topological polar surface area (TPSA) is 12.0 Å². The largest absolute Gasteiger partial charge is 0.310 e. The lowest BCUT2D eigenvalue weighted by Gasteiger charge is -2.14. The lowest BCUT2D eigenvalue weighted by atomic mass is 10.2. The molecular formula is C18H22FNS. The Kier molecular flexibility index (Phi) is 5.43. The van der Waals surface area contributed by atoms with E-state index in [1.807, 2.05) is 6.07 Å². The number of hydrogen-bond acceptors (Lipinski definition) is 2. The summed E-state index contributed by atoms with van der Waals surface area (Å²) in [7, 11) is 0. The molecule has 3 heteroatoms. The van der Waals surface area contributed by atoms with E-state index in [4.69, 9.17) is 0 Å². The van der Waals surface area contributed by atoms with E-state index in [-0.39, 0.29) is 5.82 Å². The summed E-state index contributed by atoms with van der Waals surface area (Å²) in [6.07, 6.45) is 0. The highest BCUT2D eigenvalue weighted by Gasteiger charge is 2.08. The lowest BCUT2D eigenvalue weighted by molar-refractivity contribution is 0.576. The van der Waals surface area contributed by atoms with Gasteiger partial charge in [0.1, 0.15) is 5.82 Å². The molecule has 112 valence electrons. The Morgan fingerprint density at radius 1 is 1.05 bits per heavy atom. The summed E-state index contributed by atoms with van der Waals surface area (Å²) >= 11 is 1.70. The molecule has 0 atom stereocenters. The van der Waals surface area contributed by atoms with Crippen molar-refractivity contribution >= 4 is 11.8 Å². The molecule has 0 aliphatic rings. The number of aryl methyl sites for hydroxylation is 2. The van der Waals surface area contributed by atoms with Crippen molar-refractivity contribution < 1.29 is 4.39 Å². The molecule has 0 radical (unpaired) electrons. The number of rotatable bonds is 5. The molecule has 1 nitrogen and oxygen atoms in total. The molecule has 0 heterocycles. The first-order chi connectivity index (χ1) is 9.95. The fourth-order valence-electron chi connectivity index (χ4n) is 2.13. The normalized spacial score (nSPS) is 11.1. The quantitative estimate of drug-likeness (QED) is 0.825. The summed E-state index contributed by atoms with van der Waals surface area (Å²) in [4.78, 5) is 2.33. The molecule has 0 bridgehead atoms. The third-order valence-electron chi connectivity index (χ3n) is 3.27. The van der Waals surface area contributed by atoms with Crippen LogP contribution in [0.5, 0.6) is 0 Å². The molecule has 2 rings (SSSR count). The molecule has 0 spiro atoms. The van der Waals surface area contributed by atoms with E-state index < -0.39 is 0 Å². The number of benzene rings is 2. The minimum atomic E-state index is -0.180. The Balaban J connectivity index is 2.26. The van der Waals surface area contributed by atoms with Crippen LogP contribution in [0, 0.1) is 19.7 Å². The van der Waals surface area contributed by atoms with Gasteiger partial charge in [0.25, 0.3) is 0 Å². The van der Waals surface area contributed by atoms with Crippen LogP contribution in [0.3, 0.4) is 0 Å². The zero-order chi connectivity index (χ0) is 15.4. The van der Waals surface area contributed by atoms with Crippen LogP contribution in [-0.4, -0.2) is 6.04 Å². The van der Waals surface area contributed by atoms with Gasteiger partial charge >= 0.3 is 0 Å². The Labute approximate surface area is 131 Å². The van der Waals surface area contributed by atoms with Gasteiger partial charge in [-0.25, -0.2) is 4.39 Å². The predicted molar refractivity (Wildman–Crippen MR) is 88.4 cm³/mol. The molecule has 0 amide bonds. The minimum Gasteiger partial charge on any atom is -0.310 e. The molecular weight excluding hydrogens is 281 g/mol. The van der Waals surface area contributed by atoms with Crippen molar-refractivity contribution in [2.45, 2.75) is 50.1 Å². The van der Waals surface area contributed by atoms with E-state index in [1.165, 1.54) is 22.1 Å². The van der Waals surface area contributed by atoms with E-state index in [9.17, 15) is 4.39 Å². The zero-order valence-corrected chi connectivity index (χ0v) is 13.9. The standard InChI is InChI=1S/C18H22FNS/c1-12(2)20-11-15-10-16(19)6-8-18(15)21-17-7-5-13(3)9-14(17)4/h5-10,12,20H,11H2,1-4H3. The fourth-order valence-corrected chi connectivity index (χ4v) is 3.12. The maximum absolute atomic E-state index is 13.5. The van der Waals surface area contributed by atoms with Crippen molar-refractivity contribution in [3.05, 3.63) is 58.9 Å². The van der Waals surface area contributed by atoms with Crippen LogP contribution in [0.15, 0.2) is 46.2 Å². The highest BCUT2D eigenvalue weighted by Crippen LogP contribution is 2.33. The SMILES string of the molecule is Cc1ccc(Sc2ccc(F)cc2CNC(C)C)c(C)c1. The molecule has 21 heavy (non-hydrogen) atoms. The summed E-state index contributed by atoms with van der Waals surface area (Å²) in [6, 6.07) is 11.8. The monoisotopic (exact) mass is 303 g/mol. The van der Waals surface area contributed by atoms with Crippen LogP contribution < -0.4 is 5.32 Å². The van der Waals surface area contributed by atoms with Crippen molar-refractivity contribution in [3.63, 3.8) is 0 Å². The maximum atomic E-state index is 13.5. The van der Waals surface area contributed by atoms with Gasteiger partial charge in [-0.05, 0) is 49.2 Å². The summed E-state index contributed by atoms with van der Waals surface area (Å²) in [5.74, 6) is -0.180. The van der Waals surface area contributed by atoms with Gasteiger partial charge in [-0.3, -0.25) is 0 Å². The zero-order valence-electron chi connectivity index (χ0n) is 13.0. The molecule has 0 fully saturated rings. The van der Waals surface area contributed by atoms with Gasteiger partial charge in [0, 0.05) is 22.4 Å². The predicted octanol–water partition coefficient (Wildman–Crippen LogP) is 5.09. The van der Waals surface area contributed by atoms with Gasteiger partial charge in [-0.2, -0.15) is 0 Å². The molecule has 0 aliphatic heterocycles. The van der Waals surface area contributed by atoms with Crippen molar-refractivity contribution in [3.8, 4) is 0 Å². The lowest BCUT2D eigenvalue weighted by Crippen LogP contribution is -2.22. The van der Waals surface area contributed by atoms with E-state index in [2.05, 4.69) is 51.2 Å². The van der Waals surface area contributed by atoms with Crippen LogP contribution in [0.1, 0.15) is 30.5 Å². The van der Waals surface area contributed by atoms with Crippen molar-refractivity contribution in [1.82, 2.24) is 5.32 Å². The second-order valence-electron chi connectivity index (χ2n) is 5.66. The highest BCUT2D eigenvalue weighted by atomic mass is 32.2. The molecule has 0 saturated carbocycles. The Morgan fingerprint density at radius 2 is 1.76 bits per heavy atom. The van der Waals surface area contributed by atoms with Crippen molar-refractivity contribution in [1.29, 1.82) is 0 Å². The number of nitrogens with one attached hydrogen (secondary N) is 1. The van der Waals surface area contributed by atoms with Gasteiger partial charge in [0.15, 0.2) is 0 Å². The first kappa shape index (κ1) is 16.1. The van der Waals surface area contributed by atoms with Gasteiger partial charge < -0.3 is 5.32 Å². The second-order valence-corrected chi connectivity index (χ2v) is 6.74. The minimum absolute atomic E-state index is 0.180. The second kappa shape index (κ2) is 7.10. The smallest absolute Gasteiger partial charge is 0.123 e. The van der Waals surface area contributed by atoms with Crippen LogP contribution in [0.25, 0.3) is 0 Å². The molecule has 0 saturated heterocycles. The van der Waals surface area contributed by atoms with Crippen molar-refractivity contribution in [2.75, 3.05) is 0 Å². The van der Waals surface area contributed by atoms with E-state index >= 15 is 0 Å². The van der Waals surface area contributed by atoms with Crippen LogP contribution in [0.2, 0.25) is 0 Å². The highest BCUT2D eigenvalue weighted by molar-refractivity contribution is 7.99. The van der Waals surface area contributed by atoms with Gasteiger partial charge in [0.2, 0.25) is 0 Å². The summed E-state index contributed by atoms with van der Waals surface area (Å²) in [6.45, 7) is 9.08. The van der Waals surface area contributed by atoms with Gasteiger partial charge in [0.05, 0.1) is 0 Å². The molecule has 2 aromatic carbocycles. The van der Waals surface area contributed by atoms with Crippen LogP contribution in [-0.2, 0) is 6.54 Å². The van der Waals surface area contributed by atoms with Gasteiger partial charge in [-0.1, -0.05) is 43.3 Å². The summed E-state index contributed by atoms with van der Waals surface area (Å²) < 4.78 is 13.5. The Morgan fingerprint density at radius 3 is 2.43 bits per heavy atom. The maximum Gasteiger partial charge on any atom is 0.123 e. The molecule has 0 unspecified atom stereocenters. The number of halogens is 1. The van der Waals surface area contributed by atoms with E-state index in [0.29, 0.717) is 12.6 Å². The van der Waals surface area contributed by atoms with Crippen LogP contribution >= 0.6 is 11.8 Å². The number of hydrogen-bond donors (Lipinski definition) is 1. The average Bonchev–Trinajstić information content (AvgIpc) is 2.41. The third kappa shape index (κ3) is 4.58.